The molecular weight excluding hydrogens is 360 g/mol. The summed E-state index contributed by atoms with van der Waals surface area (Å²) in [7, 11) is 0. The number of hydrogen-bond acceptors (Lipinski definition) is 6. The SMILES string of the molecule is Cc1cc([N+](=O)[O-])ccc1N1C(=O)/C(=C/c2ccc(O)cc2)SC1=S. The number of thiocarbonyl (C=S) groups is 1. The highest BCUT2D eigenvalue weighted by Crippen LogP contribution is 2.38. The average Bonchev–Trinajstić information content (AvgIpc) is 2.84. The number of anilines is 1. The fraction of sp³-hybridized carbons (Fsp3) is 0.0588. The van der Waals surface area contributed by atoms with E-state index in [1.165, 1.54) is 47.0 Å². The van der Waals surface area contributed by atoms with Crippen LogP contribution in [0.25, 0.3) is 6.08 Å². The molecule has 1 fully saturated rings. The largest absolute Gasteiger partial charge is 0.508 e. The molecule has 1 amide bonds. The van der Waals surface area contributed by atoms with Crippen LogP contribution in [0.1, 0.15) is 11.1 Å². The monoisotopic (exact) mass is 372 g/mol. The van der Waals surface area contributed by atoms with Gasteiger partial charge in [-0.1, -0.05) is 36.1 Å². The number of aryl methyl sites for hydroxylation is 1. The number of phenolic OH excluding ortho intramolecular Hbond substituents is 1. The van der Waals surface area contributed by atoms with Crippen LogP contribution in [-0.2, 0) is 4.79 Å². The van der Waals surface area contributed by atoms with Crippen molar-refractivity contribution < 1.29 is 14.8 Å². The Morgan fingerprint density at radius 1 is 1.24 bits per heavy atom. The van der Waals surface area contributed by atoms with Gasteiger partial charge in [0.15, 0.2) is 4.32 Å². The number of benzene rings is 2. The first-order chi connectivity index (χ1) is 11.9. The molecule has 8 heteroatoms. The van der Waals surface area contributed by atoms with E-state index in [2.05, 4.69) is 0 Å². The summed E-state index contributed by atoms with van der Waals surface area (Å²) < 4.78 is 0.368. The molecule has 3 rings (SSSR count). The highest BCUT2D eigenvalue weighted by atomic mass is 32.2. The lowest BCUT2D eigenvalue weighted by atomic mass is 10.1. The van der Waals surface area contributed by atoms with Crippen molar-refractivity contribution in [3.8, 4) is 5.75 Å². The molecule has 1 N–H and O–H groups in total. The normalized spacial score (nSPS) is 15.9. The van der Waals surface area contributed by atoms with Crippen molar-refractivity contribution in [3.63, 3.8) is 0 Å². The molecule has 1 aliphatic rings. The summed E-state index contributed by atoms with van der Waals surface area (Å²) in [4.78, 5) is 24.9. The van der Waals surface area contributed by atoms with Crippen LogP contribution in [0.4, 0.5) is 11.4 Å². The zero-order valence-corrected chi connectivity index (χ0v) is 14.6. The Hall–Kier alpha value is -2.71. The minimum absolute atomic E-state index is 0.0358. The zero-order chi connectivity index (χ0) is 18.1. The molecule has 1 saturated heterocycles. The predicted molar refractivity (Wildman–Crippen MR) is 102 cm³/mol. The molecular formula is C17H12N2O4S2. The van der Waals surface area contributed by atoms with Crippen molar-refractivity contribution >= 4 is 51.7 Å². The number of hydrogen-bond donors (Lipinski definition) is 1. The quantitative estimate of drug-likeness (QED) is 0.379. The number of rotatable bonds is 3. The first kappa shape index (κ1) is 17.1. The van der Waals surface area contributed by atoms with Crippen molar-refractivity contribution in [1.82, 2.24) is 0 Å². The predicted octanol–water partition coefficient (Wildman–Crippen LogP) is 4.01. The maximum absolute atomic E-state index is 12.7. The summed E-state index contributed by atoms with van der Waals surface area (Å²) >= 11 is 6.48. The maximum Gasteiger partial charge on any atom is 0.270 e. The van der Waals surface area contributed by atoms with E-state index in [1.807, 2.05) is 0 Å². The second-order valence-electron chi connectivity index (χ2n) is 5.34. The first-order valence-electron chi connectivity index (χ1n) is 7.19. The minimum Gasteiger partial charge on any atom is -0.508 e. The summed E-state index contributed by atoms with van der Waals surface area (Å²) in [6, 6.07) is 10.8. The van der Waals surface area contributed by atoms with Gasteiger partial charge < -0.3 is 5.11 Å². The van der Waals surface area contributed by atoms with Gasteiger partial charge in [0.1, 0.15) is 5.75 Å². The van der Waals surface area contributed by atoms with E-state index >= 15 is 0 Å². The maximum atomic E-state index is 12.7. The summed E-state index contributed by atoms with van der Waals surface area (Å²) in [6.45, 7) is 1.70. The van der Waals surface area contributed by atoms with Gasteiger partial charge in [-0.2, -0.15) is 0 Å². The highest BCUT2D eigenvalue weighted by molar-refractivity contribution is 8.27. The van der Waals surface area contributed by atoms with Crippen molar-refractivity contribution in [2.45, 2.75) is 6.92 Å². The molecule has 0 aliphatic carbocycles. The van der Waals surface area contributed by atoms with Gasteiger partial charge in [0.2, 0.25) is 0 Å². The van der Waals surface area contributed by atoms with Gasteiger partial charge in [-0.05, 0) is 42.3 Å². The second kappa shape index (κ2) is 6.66. The summed E-state index contributed by atoms with van der Waals surface area (Å²) in [5.74, 6) is -0.133. The fourth-order valence-corrected chi connectivity index (χ4v) is 3.69. The van der Waals surface area contributed by atoms with Gasteiger partial charge in [0, 0.05) is 12.1 Å². The van der Waals surface area contributed by atoms with Crippen LogP contribution < -0.4 is 4.90 Å². The summed E-state index contributed by atoms with van der Waals surface area (Å²) in [5, 5.41) is 20.2. The standard InChI is InChI=1S/C17H12N2O4S2/c1-10-8-12(19(22)23)4-7-14(10)18-16(21)15(25-17(18)24)9-11-2-5-13(20)6-3-11/h2-9,20H,1H3/b15-9-. The van der Waals surface area contributed by atoms with Crippen molar-refractivity contribution in [2.24, 2.45) is 0 Å². The van der Waals surface area contributed by atoms with E-state index in [0.29, 0.717) is 20.5 Å². The van der Waals surface area contributed by atoms with Crippen LogP contribution >= 0.6 is 24.0 Å². The molecule has 25 heavy (non-hydrogen) atoms. The number of thioether (sulfide) groups is 1. The fourth-order valence-electron chi connectivity index (χ4n) is 2.40. The molecule has 2 aromatic carbocycles. The lowest BCUT2D eigenvalue weighted by Crippen LogP contribution is -2.28. The third kappa shape index (κ3) is 3.40. The number of non-ortho nitro benzene ring substituents is 1. The molecule has 2 aromatic rings. The van der Waals surface area contributed by atoms with E-state index in [9.17, 15) is 20.0 Å². The van der Waals surface area contributed by atoms with E-state index in [4.69, 9.17) is 12.2 Å². The average molecular weight is 372 g/mol. The number of carbonyl (C=O) groups is 1. The molecule has 0 aromatic heterocycles. The Balaban J connectivity index is 1.94. The van der Waals surface area contributed by atoms with Gasteiger partial charge in [-0.3, -0.25) is 19.8 Å². The van der Waals surface area contributed by atoms with Gasteiger partial charge in [-0.15, -0.1) is 0 Å². The number of aromatic hydroxyl groups is 1. The molecule has 0 saturated carbocycles. The van der Waals surface area contributed by atoms with Gasteiger partial charge in [0.05, 0.1) is 15.5 Å². The Morgan fingerprint density at radius 3 is 2.52 bits per heavy atom. The van der Waals surface area contributed by atoms with Crippen molar-refractivity contribution in [3.05, 3.63) is 68.6 Å². The number of nitro groups is 1. The minimum atomic E-state index is -0.480. The van der Waals surface area contributed by atoms with E-state index in [1.54, 1.807) is 25.1 Å². The number of amides is 1. The Morgan fingerprint density at radius 2 is 1.92 bits per heavy atom. The zero-order valence-electron chi connectivity index (χ0n) is 13.0. The third-order valence-corrected chi connectivity index (χ3v) is 4.92. The van der Waals surface area contributed by atoms with Gasteiger partial charge in [-0.25, -0.2) is 0 Å². The molecule has 1 heterocycles. The van der Waals surface area contributed by atoms with Crippen molar-refractivity contribution in [1.29, 1.82) is 0 Å². The van der Waals surface area contributed by atoms with Gasteiger partial charge in [0.25, 0.3) is 11.6 Å². The molecule has 6 nitrogen and oxygen atoms in total. The number of nitrogens with zero attached hydrogens (tertiary/aromatic N) is 2. The molecule has 0 spiro atoms. The van der Waals surface area contributed by atoms with Crippen LogP contribution in [0, 0.1) is 17.0 Å². The van der Waals surface area contributed by atoms with Gasteiger partial charge >= 0.3 is 0 Å². The van der Waals surface area contributed by atoms with E-state index in [0.717, 1.165) is 5.56 Å². The Bertz CT molecular complexity index is 923. The Kier molecular flexibility index (Phi) is 4.56. The molecule has 0 bridgehead atoms. The second-order valence-corrected chi connectivity index (χ2v) is 7.01. The summed E-state index contributed by atoms with van der Waals surface area (Å²) in [6.07, 6.45) is 1.69. The Labute approximate surface area is 152 Å². The van der Waals surface area contributed by atoms with E-state index < -0.39 is 4.92 Å². The molecule has 0 unspecified atom stereocenters. The number of nitro benzene ring substituents is 1. The van der Waals surface area contributed by atoms with Crippen molar-refractivity contribution in [2.75, 3.05) is 4.90 Å². The lowest BCUT2D eigenvalue weighted by Gasteiger charge is -2.16. The number of phenols is 1. The van der Waals surface area contributed by atoms with E-state index in [-0.39, 0.29) is 17.3 Å². The lowest BCUT2D eigenvalue weighted by molar-refractivity contribution is -0.384. The van der Waals surface area contributed by atoms with Crippen LogP contribution in [-0.4, -0.2) is 20.3 Å². The molecule has 0 radical (unpaired) electrons. The van der Waals surface area contributed by atoms with Crippen LogP contribution in [0.15, 0.2) is 47.4 Å². The first-order valence-corrected chi connectivity index (χ1v) is 8.41. The highest BCUT2D eigenvalue weighted by Gasteiger charge is 2.34. The smallest absolute Gasteiger partial charge is 0.270 e. The third-order valence-electron chi connectivity index (χ3n) is 3.62. The summed E-state index contributed by atoms with van der Waals surface area (Å²) in [5.41, 5.74) is 1.85. The van der Waals surface area contributed by atoms with Crippen LogP contribution in [0.3, 0.4) is 0 Å². The molecule has 1 aliphatic heterocycles. The van der Waals surface area contributed by atoms with Crippen LogP contribution in [0.2, 0.25) is 0 Å². The molecule has 126 valence electrons. The van der Waals surface area contributed by atoms with Crippen LogP contribution in [0.5, 0.6) is 5.75 Å². The molecule has 0 atom stereocenters. The number of carbonyl (C=O) groups excluding carboxylic acids is 1. The topological polar surface area (TPSA) is 83.7 Å².